The van der Waals surface area contributed by atoms with Crippen LogP contribution in [0.3, 0.4) is 0 Å². The van der Waals surface area contributed by atoms with Crippen molar-refractivity contribution in [1.29, 1.82) is 0 Å². The first-order valence-corrected chi connectivity index (χ1v) is 20.0. The Hall–Kier alpha value is -4.41. The Kier molecular flexibility index (Phi) is 9.72. The number of nitrogens with zero attached hydrogens (tertiary/aromatic N) is 2. The first-order valence-electron chi connectivity index (χ1n) is 16.9. The summed E-state index contributed by atoms with van der Waals surface area (Å²) in [6.07, 6.45) is 10.5. The summed E-state index contributed by atoms with van der Waals surface area (Å²) in [6.45, 7) is 9.39. The van der Waals surface area contributed by atoms with Crippen LogP contribution >= 0.6 is 0 Å². The molecule has 51 heavy (non-hydrogen) atoms. The van der Waals surface area contributed by atoms with Gasteiger partial charge in [-0.3, -0.25) is 0 Å². The Bertz CT molecular complexity index is 1930. The van der Waals surface area contributed by atoms with E-state index in [9.17, 15) is 19.2 Å². The van der Waals surface area contributed by atoms with Gasteiger partial charge in [0.05, 0.1) is 0 Å². The van der Waals surface area contributed by atoms with E-state index in [2.05, 4.69) is 0 Å². The summed E-state index contributed by atoms with van der Waals surface area (Å²) in [5.41, 5.74) is 1.19. The van der Waals surface area contributed by atoms with Gasteiger partial charge < -0.3 is 0 Å². The Balaban J connectivity index is 1.52. The number of rotatable bonds is 10. The van der Waals surface area contributed by atoms with Crippen LogP contribution in [0.1, 0.15) is 65.5 Å². The van der Waals surface area contributed by atoms with Crippen molar-refractivity contribution in [1.82, 2.24) is 9.80 Å². The zero-order chi connectivity index (χ0) is 37.1. The van der Waals surface area contributed by atoms with Crippen LogP contribution in [0.25, 0.3) is 0 Å². The zero-order valence-electron chi connectivity index (χ0n) is 29.3. The Morgan fingerprint density at radius 3 is 1.22 bits per heavy atom. The third kappa shape index (κ3) is 5.67. The Morgan fingerprint density at radius 2 is 0.922 bits per heavy atom. The normalized spacial score (nSPS) is 19.0. The number of benzene rings is 2. The molecule has 0 radical (unpaired) electrons. The van der Waals surface area contributed by atoms with Gasteiger partial charge >= 0.3 is 299 Å². The average molecular weight is 735 g/mol. The van der Waals surface area contributed by atoms with Crippen LogP contribution in [-0.2, 0) is 48.6 Å². The zero-order valence-corrected chi connectivity index (χ0v) is 30.9. The molecule has 2 aliphatic carbocycles. The molecule has 0 saturated heterocycles. The van der Waals surface area contributed by atoms with Gasteiger partial charge in [0.1, 0.15) is 0 Å². The molecule has 4 aliphatic rings. The average Bonchev–Trinajstić information content (AvgIpc) is 3.90. The summed E-state index contributed by atoms with van der Waals surface area (Å²) in [4.78, 5) is 53.9. The van der Waals surface area contributed by atoms with Crippen LogP contribution in [0.5, 0.6) is 0 Å². The molecule has 0 N–H and O–H groups in total. The van der Waals surface area contributed by atoms with Crippen molar-refractivity contribution in [2.45, 2.75) is 79.3 Å². The number of hydrogen-bond donors (Lipinski definition) is 0. The molecule has 264 valence electrons. The van der Waals surface area contributed by atoms with Gasteiger partial charge in [-0.1, -0.05) is 0 Å². The van der Waals surface area contributed by atoms with E-state index in [1.165, 1.54) is 12.1 Å². The number of halogens is 4. The molecule has 11 heteroatoms. The summed E-state index contributed by atoms with van der Waals surface area (Å²) in [5, 5.41) is 0. The van der Waals surface area contributed by atoms with Gasteiger partial charge in [0.15, 0.2) is 0 Å². The summed E-state index contributed by atoms with van der Waals surface area (Å²) in [6, 6.07) is 3.10. The molecule has 2 heterocycles. The Labute approximate surface area is 297 Å². The van der Waals surface area contributed by atoms with Gasteiger partial charge in [0.25, 0.3) is 0 Å². The van der Waals surface area contributed by atoms with Crippen molar-refractivity contribution in [3.8, 4) is 0 Å². The van der Waals surface area contributed by atoms with Gasteiger partial charge in [-0.05, 0) is 0 Å². The van der Waals surface area contributed by atoms with Crippen LogP contribution in [0, 0.1) is 23.3 Å². The molecule has 6 nitrogen and oxygen atoms in total. The molecule has 0 saturated carbocycles. The maximum atomic E-state index is 17.3. The number of allylic oxidation sites excluding steroid dienone is 8. The van der Waals surface area contributed by atoms with Crippen molar-refractivity contribution in [2.24, 2.45) is 0 Å². The van der Waals surface area contributed by atoms with Crippen molar-refractivity contribution in [3.05, 3.63) is 125 Å². The number of carbonyl (C=O) groups is 4. The van der Waals surface area contributed by atoms with Crippen molar-refractivity contribution in [2.75, 3.05) is 0 Å². The molecule has 6 rings (SSSR count). The van der Waals surface area contributed by atoms with Crippen LogP contribution < -0.4 is 7.74 Å². The molecular formula is C40H38F4N2O4Ti. The summed E-state index contributed by atoms with van der Waals surface area (Å²) >= 11 is -5.20. The Morgan fingerprint density at radius 1 is 0.588 bits per heavy atom. The number of amides is 4. The molecule has 0 bridgehead atoms. The topological polar surface area (TPSA) is 74.8 Å². The quantitative estimate of drug-likeness (QED) is 0.163. The molecule has 2 aromatic rings. The van der Waals surface area contributed by atoms with E-state index in [4.69, 9.17) is 0 Å². The first-order chi connectivity index (χ1) is 24.1. The minimum absolute atomic E-state index is 0.00436. The van der Waals surface area contributed by atoms with Gasteiger partial charge in [0, 0.05) is 0 Å². The SMILES string of the molecule is CC1=C(C)C(=O)N(C(C)Cc2ccc(F)[c]([Ti]([C]3=CC=CC3)([C]3=CC=CC3)[c]3c(F)ccc(CC(C)N4C(=O)C(C)=C(C)C4=O)c3F)c2F)C1=O. The van der Waals surface area contributed by atoms with E-state index in [0.717, 1.165) is 21.9 Å². The van der Waals surface area contributed by atoms with Crippen LogP contribution in [0.2, 0.25) is 0 Å². The standard InChI is InChI=1S/2C15H14F2NO2.2C5H5.Ti/c2*1-8(6-11-4-5-12(16)7-13(11)17)18-14(19)9(2)10(3)15(18)20;2*1-2-4-5-3-1;/h2*4-5,8H,6H2,1-3H3;2*1-3H,4H2;. The van der Waals surface area contributed by atoms with Gasteiger partial charge in [-0.2, -0.15) is 0 Å². The van der Waals surface area contributed by atoms with E-state index in [1.807, 2.05) is 0 Å². The van der Waals surface area contributed by atoms with Gasteiger partial charge in [0.2, 0.25) is 0 Å². The van der Waals surface area contributed by atoms with Crippen molar-refractivity contribution < 1.29 is 53.3 Å². The second-order valence-corrected chi connectivity index (χ2v) is 19.7. The summed E-state index contributed by atoms with van der Waals surface area (Å²) in [7, 11) is 0. The molecule has 0 aromatic heterocycles. The second kappa shape index (κ2) is 13.6. The molecule has 2 atom stereocenters. The number of imide groups is 2. The third-order valence-corrected chi connectivity index (χ3v) is 18.7. The fourth-order valence-corrected chi connectivity index (χ4v) is 16.1. The second-order valence-electron chi connectivity index (χ2n) is 13.8. The summed E-state index contributed by atoms with van der Waals surface area (Å²) < 4.78 is 68.1. The van der Waals surface area contributed by atoms with Crippen molar-refractivity contribution >= 4 is 31.4 Å². The van der Waals surface area contributed by atoms with E-state index in [1.54, 1.807) is 78.0 Å². The third-order valence-electron chi connectivity index (χ3n) is 10.8. The fourth-order valence-electron chi connectivity index (χ4n) is 7.79. The molecule has 2 aliphatic heterocycles. The van der Waals surface area contributed by atoms with Crippen LogP contribution in [0.15, 0.2) is 90.8 Å². The molecular weight excluding hydrogens is 696 g/mol. The van der Waals surface area contributed by atoms with Gasteiger partial charge in [-0.15, -0.1) is 0 Å². The molecule has 2 unspecified atom stereocenters. The summed E-state index contributed by atoms with van der Waals surface area (Å²) in [5.74, 6) is -5.79. The maximum absolute atomic E-state index is 17.3. The molecule has 2 aromatic carbocycles. The van der Waals surface area contributed by atoms with Crippen LogP contribution in [-0.4, -0.2) is 45.5 Å². The predicted molar refractivity (Wildman–Crippen MR) is 182 cm³/mol. The van der Waals surface area contributed by atoms with Crippen molar-refractivity contribution in [3.63, 3.8) is 0 Å². The molecule has 4 amide bonds. The van der Waals surface area contributed by atoms with E-state index in [-0.39, 0.29) is 36.8 Å². The van der Waals surface area contributed by atoms with Crippen LogP contribution in [0.4, 0.5) is 17.6 Å². The molecule has 0 fully saturated rings. The fraction of sp³-hybridized carbons (Fsp3) is 0.300. The molecule has 0 spiro atoms. The number of carbonyl (C=O) groups excluding carboxylic acids is 4. The monoisotopic (exact) mass is 734 g/mol. The first kappa shape index (κ1) is 36.4. The van der Waals surface area contributed by atoms with E-state index in [0.29, 0.717) is 30.0 Å². The predicted octanol–water partition coefficient (Wildman–Crippen LogP) is 6.31. The van der Waals surface area contributed by atoms with Gasteiger partial charge in [-0.25, -0.2) is 0 Å². The number of hydrogen-bond acceptors (Lipinski definition) is 4. The van der Waals surface area contributed by atoms with E-state index >= 15 is 17.6 Å². The minimum atomic E-state index is -5.20. The van der Waals surface area contributed by atoms with E-state index < -0.39 is 83.3 Å².